The maximum atomic E-state index is 14.1. The SMILES string of the molecule is CNC(c1cc(F)c(C)cc1F)c1ccc(Cl)cc1Br. The summed E-state index contributed by atoms with van der Waals surface area (Å²) in [7, 11) is 1.70. The van der Waals surface area contributed by atoms with Gasteiger partial charge in [0, 0.05) is 15.1 Å². The Morgan fingerprint density at radius 3 is 2.40 bits per heavy atom. The zero-order valence-corrected chi connectivity index (χ0v) is 13.3. The largest absolute Gasteiger partial charge is 0.309 e. The summed E-state index contributed by atoms with van der Waals surface area (Å²) in [5, 5.41) is 3.58. The molecule has 0 spiro atoms. The van der Waals surface area contributed by atoms with Gasteiger partial charge >= 0.3 is 0 Å². The Balaban J connectivity index is 2.55. The van der Waals surface area contributed by atoms with Crippen molar-refractivity contribution in [2.45, 2.75) is 13.0 Å². The van der Waals surface area contributed by atoms with E-state index in [1.165, 1.54) is 19.1 Å². The molecular formula is C15H13BrClF2N. The van der Waals surface area contributed by atoms with Crippen LogP contribution in [0.25, 0.3) is 0 Å². The first kappa shape index (κ1) is 15.4. The molecule has 0 amide bonds. The average molecular weight is 361 g/mol. The van der Waals surface area contributed by atoms with Gasteiger partial charge in [0.15, 0.2) is 0 Å². The van der Waals surface area contributed by atoms with E-state index >= 15 is 0 Å². The fourth-order valence-corrected chi connectivity index (χ4v) is 3.01. The molecule has 0 saturated heterocycles. The summed E-state index contributed by atoms with van der Waals surface area (Å²) >= 11 is 9.31. The molecule has 0 aliphatic rings. The van der Waals surface area contributed by atoms with Crippen LogP contribution in [0.1, 0.15) is 22.7 Å². The fourth-order valence-electron chi connectivity index (χ4n) is 2.10. The number of hydrogen-bond donors (Lipinski definition) is 1. The Morgan fingerprint density at radius 2 is 1.80 bits per heavy atom. The Morgan fingerprint density at radius 1 is 1.10 bits per heavy atom. The third-order valence-electron chi connectivity index (χ3n) is 3.15. The molecule has 0 aromatic heterocycles. The molecule has 2 aromatic carbocycles. The van der Waals surface area contributed by atoms with Gasteiger partial charge in [-0.1, -0.05) is 33.6 Å². The maximum Gasteiger partial charge on any atom is 0.128 e. The monoisotopic (exact) mass is 359 g/mol. The van der Waals surface area contributed by atoms with Crippen molar-refractivity contribution in [2.75, 3.05) is 7.05 Å². The lowest BCUT2D eigenvalue weighted by molar-refractivity contribution is 0.553. The zero-order valence-electron chi connectivity index (χ0n) is 11.0. The quantitative estimate of drug-likeness (QED) is 0.812. The van der Waals surface area contributed by atoms with Crippen LogP contribution in [0.4, 0.5) is 8.78 Å². The molecule has 0 fully saturated rings. The lowest BCUT2D eigenvalue weighted by Crippen LogP contribution is -2.20. The molecule has 0 saturated carbocycles. The standard InChI is InChI=1S/C15H13BrClF2N/c1-8-5-14(19)11(7-13(8)18)15(20-2)10-4-3-9(17)6-12(10)16/h3-7,15,20H,1-2H3. The van der Waals surface area contributed by atoms with Crippen molar-refractivity contribution in [3.63, 3.8) is 0 Å². The van der Waals surface area contributed by atoms with Crippen LogP contribution in [-0.4, -0.2) is 7.05 Å². The molecule has 2 rings (SSSR count). The lowest BCUT2D eigenvalue weighted by atomic mass is 9.97. The van der Waals surface area contributed by atoms with Gasteiger partial charge in [-0.2, -0.15) is 0 Å². The van der Waals surface area contributed by atoms with Crippen LogP contribution < -0.4 is 5.32 Å². The Labute approximate surface area is 130 Å². The van der Waals surface area contributed by atoms with Gasteiger partial charge in [0.05, 0.1) is 6.04 Å². The molecule has 0 bridgehead atoms. The van der Waals surface area contributed by atoms with Gasteiger partial charge in [-0.25, -0.2) is 8.78 Å². The smallest absolute Gasteiger partial charge is 0.128 e. The number of hydrogen-bond acceptors (Lipinski definition) is 1. The van der Waals surface area contributed by atoms with E-state index in [-0.39, 0.29) is 11.1 Å². The lowest BCUT2D eigenvalue weighted by Gasteiger charge is -2.20. The highest BCUT2D eigenvalue weighted by Crippen LogP contribution is 2.32. The molecule has 1 nitrogen and oxygen atoms in total. The van der Waals surface area contributed by atoms with Crippen molar-refractivity contribution in [1.82, 2.24) is 5.32 Å². The van der Waals surface area contributed by atoms with Crippen LogP contribution in [0.3, 0.4) is 0 Å². The predicted octanol–water partition coefficient (Wildman–Crippen LogP) is 5.00. The van der Waals surface area contributed by atoms with E-state index in [1.807, 2.05) is 0 Å². The van der Waals surface area contributed by atoms with E-state index in [0.29, 0.717) is 5.02 Å². The van der Waals surface area contributed by atoms with Crippen molar-refractivity contribution >= 4 is 27.5 Å². The zero-order chi connectivity index (χ0) is 14.9. The number of aryl methyl sites for hydroxylation is 1. The third kappa shape index (κ3) is 3.03. The highest BCUT2D eigenvalue weighted by atomic mass is 79.9. The summed E-state index contributed by atoms with van der Waals surface area (Å²) in [5.41, 5.74) is 1.34. The molecule has 0 aliphatic carbocycles. The van der Waals surface area contributed by atoms with Gasteiger partial charge < -0.3 is 5.32 Å². The first-order chi connectivity index (χ1) is 9.43. The summed E-state index contributed by atoms with van der Waals surface area (Å²) in [6.07, 6.45) is 0. The molecule has 1 N–H and O–H groups in total. The molecule has 0 heterocycles. The van der Waals surface area contributed by atoms with E-state index in [9.17, 15) is 8.78 Å². The molecule has 1 atom stereocenters. The van der Waals surface area contributed by atoms with Crippen molar-refractivity contribution in [3.05, 3.63) is 68.2 Å². The number of nitrogens with one attached hydrogen (secondary N) is 1. The number of benzene rings is 2. The van der Waals surface area contributed by atoms with E-state index < -0.39 is 17.7 Å². The molecule has 0 aliphatic heterocycles. The van der Waals surface area contributed by atoms with Crippen molar-refractivity contribution in [2.24, 2.45) is 0 Å². The predicted molar refractivity (Wildman–Crippen MR) is 81.1 cm³/mol. The first-order valence-electron chi connectivity index (χ1n) is 6.01. The molecule has 5 heteroatoms. The summed E-state index contributed by atoms with van der Waals surface area (Å²) in [6, 6.07) is 7.20. The van der Waals surface area contributed by atoms with Crippen molar-refractivity contribution in [1.29, 1.82) is 0 Å². The van der Waals surface area contributed by atoms with Gasteiger partial charge in [-0.3, -0.25) is 0 Å². The van der Waals surface area contributed by atoms with E-state index in [0.717, 1.165) is 10.0 Å². The van der Waals surface area contributed by atoms with Gasteiger partial charge in [0.2, 0.25) is 0 Å². The van der Waals surface area contributed by atoms with Gasteiger partial charge in [-0.05, 0) is 49.4 Å². The van der Waals surface area contributed by atoms with E-state index in [2.05, 4.69) is 21.2 Å². The number of rotatable bonds is 3. The van der Waals surface area contributed by atoms with E-state index in [4.69, 9.17) is 11.6 Å². The van der Waals surface area contributed by atoms with Crippen molar-refractivity contribution in [3.8, 4) is 0 Å². The van der Waals surface area contributed by atoms with Crippen LogP contribution in [0, 0.1) is 18.6 Å². The third-order valence-corrected chi connectivity index (χ3v) is 4.07. The fraction of sp³-hybridized carbons (Fsp3) is 0.200. The highest BCUT2D eigenvalue weighted by Gasteiger charge is 2.20. The maximum absolute atomic E-state index is 14.1. The minimum Gasteiger partial charge on any atom is -0.309 e. The number of halogens is 4. The molecular weight excluding hydrogens is 348 g/mol. The Bertz CT molecular complexity index is 646. The second-order valence-corrected chi connectivity index (χ2v) is 5.80. The molecule has 2 aromatic rings. The van der Waals surface area contributed by atoms with Crippen molar-refractivity contribution < 1.29 is 8.78 Å². The van der Waals surface area contributed by atoms with Crippen LogP contribution in [-0.2, 0) is 0 Å². The van der Waals surface area contributed by atoms with E-state index in [1.54, 1.807) is 25.2 Å². The highest BCUT2D eigenvalue weighted by molar-refractivity contribution is 9.10. The topological polar surface area (TPSA) is 12.0 Å². The Kier molecular flexibility index (Phi) is 4.78. The van der Waals surface area contributed by atoms with Crippen LogP contribution in [0.15, 0.2) is 34.8 Å². The molecule has 106 valence electrons. The normalized spacial score (nSPS) is 12.5. The second-order valence-electron chi connectivity index (χ2n) is 4.51. The summed E-state index contributed by atoms with van der Waals surface area (Å²) in [6.45, 7) is 1.54. The van der Waals surface area contributed by atoms with Crippen LogP contribution >= 0.6 is 27.5 Å². The minimum atomic E-state index is -0.461. The van der Waals surface area contributed by atoms with Crippen LogP contribution in [0.5, 0.6) is 0 Å². The minimum absolute atomic E-state index is 0.263. The van der Waals surface area contributed by atoms with Crippen LogP contribution in [0.2, 0.25) is 5.02 Å². The second kappa shape index (κ2) is 6.20. The average Bonchev–Trinajstić information content (AvgIpc) is 2.38. The van der Waals surface area contributed by atoms with Gasteiger partial charge in [0.25, 0.3) is 0 Å². The van der Waals surface area contributed by atoms with Gasteiger partial charge in [0.1, 0.15) is 11.6 Å². The summed E-state index contributed by atoms with van der Waals surface area (Å²) < 4.78 is 28.6. The molecule has 20 heavy (non-hydrogen) atoms. The molecule has 1 unspecified atom stereocenters. The Hall–Kier alpha value is -0.970. The molecule has 0 radical (unpaired) electrons. The summed E-state index contributed by atoms with van der Waals surface area (Å²) in [4.78, 5) is 0. The summed E-state index contributed by atoms with van der Waals surface area (Å²) in [5.74, 6) is -0.864. The first-order valence-corrected chi connectivity index (χ1v) is 7.19. The van der Waals surface area contributed by atoms with Gasteiger partial charge in [-0.15, -0.1) is 0 Å².